The molecule has 0 bridgehead atoms. The zero-order valence-electron chi connectivity index (χ0n) is 26.7. The first-order chi connectivity index (χ1) is 23.5. The highest BCUT2D eigenvalue weighted by Gasteiger charge is 2.40. The van der Waals surface area contributed by atoms with Crippen molar-refractivity contribution in [1.82, 2.24) is 0 Å². The van der Waals surface area contributed by atoms with Gasteiger partial charge in [0.1, 0.15) is 30.4 Å². The molecule has 0 saturated carbocycles. The average molecular weight is 634 g/mol. The molecule has 1 aliphatic rings. The van der Waals surface area contributed by atoms with E-state index < -0.39 is 8.07 Å². The molecule has 0 N–H and O–H groups in total. The van der Waals surface area contributed by atoms with E-state index in [2.05, 4.69) is 151 Å². The summed E-state index contributed by atoms with van der Waals surface area (Å²) in [4.78, 5) is 2.37. The second-order valence-corrected chi connectivity index (χ2v) is 17.7. The normalized spacial score (nSPS) is 13.4. The zero-order valence-corrected chi connectivity index (χ0v) is 27.7. The summed E-state index contributed by atoms with van der Waals surface area (Å²) in [6, 6.07) is 54.4. The lowest BCUT2D eigenvalue weighted by Crippen LogP contribution is -2.49. The van der Waals surface area contributed by atoms with E-state index in [1.165, 1.54) is 43.4 Å². The summed E-state index contributed by atoms with van der Waals surface area (Å²) in [6.07, 6.45) is 0. The van der Waals surface area contributed by atoms with Gasteiger partial charge in [0.15, 0.2) is 0 Å². The molecule has 0 fully saturated rings. The number of nitrogens with zero attached hydrogens (tertiary/aromatic N) is 1. The Morgan fingerprint density at radius 2 is 1.02 bits per heavy atom. The monoisotopic (exact) mass is 633 g/mol. The van der Waals surface area contributed by atoms with Gasteiger partial charge in [0.2, 0.25) is 0 Å². The summed E-state index contributed by atoms with van der Waals surface area (Å²) in [7, 11) is -2.05. The van der Waals surface area contributed by atoms with Crippen LogP contribution in [0.4, 0.5) is 17.1 Å². The van der Waals surface area contributed by atoms with Crippen LogP contribution in [0.15, 0.2) is 160 Å². The number of furan rings is 2. The summed E-state index contributed by atoms with van der Waals surface area (Å²) < 4.78 is 13.0. The highest BCUT2D eigenvalue weighted by Crippen LogP contribution is 2.43. The molecule has 0 aliphatic carbocycles. The molecule has 3 nitrogen and oxygen atoms in total. The zero-order chi connectivity index (χ0) is 32.0. The highest BCUT2D eigenvalue weighted by atomic mass is 28.3. The molecule has 48 heavy (non-hydrogen) atoms. The van der Waals surface area contributed by atoms with E-state index in [9.17, 15) is 0 Å². The van der Waals surface area contributed by atoms with Crippen LogP contribution in [-0.2, 0) is 0 Å². The third-order valence-electron chi connectivity index (χ3n) is 10.3. The number of benzene rings is 7. The molecule has 2 aromatic heterocycles. The van der Waals surface area contributed by atoms with Gasteiger partial charge < -0.3 is 13.7 Å². The van der Waals surface area contributed by atoms with Gasteiger partial charge in [0.25, 0.3) is 0 Å². The minimum absolute atomic E-state index is 0.884. The van der Waals surface area contributed by atoms with Crippen molar-refractivity contribution in [3.63, 3.8) is 0 Å². The quantitative estimate of drug-likeness (QED) is 0.181. The van der Waals surface area contributed by atoms with Crippen molar-refractivity contribution in [3.05, 3.63) is 152 Å². The molecule has 9 aromatic rings. The highest BCUT2D eigenvalue weighted by molar-refractivity contribution is 7.04. The number of hydrogen-bond acceptors (Lipinski definition) is 3. The number of para-hydroxylation sites is 2. The van der Waals surface area contributed by atoms with Crippen molar-refractivity contribution in [2.24, 2.45) is 0 Å². The van der Waals surface area contributed by atoms with Gasteiger partial charge in [-0.25, -0.2) is 0 Å². The first-order valence-electron chi connectivity index (χ1n) is 16.5. The number of anilines is 3. The van der Waals surface area contributed by atoms with Crippen LogP contribution in [0.5, 0.6) is 0 Å². The van der Waals surface area contributed by atoms with Crippen molar-refractivity contribution >= 4 is 79.4 Å². The Kier molecular flexibility index (Phi) is 5.73. The van der Waals surface area contributed by atoms with Gasteiger partial charge in [-0.3, -0.25) is 0 Å². The Bertz CT molecular complexity index is 2700. The Morgan fingerprint density at radius 3 is 1.81 bits per heavy atom. The van der Waals surface area contributed by atoms with Gasteiger partial charge in [0.05, 0.1) is 0 Å². The minimum atomic E-state index is -2.05. The lowest BCUT2D eigenvalue weighted by Gasteiger charge is -2.27. The maximum absolute atomic E-state index is 6.58. The largest absolute Gasteiger partial charge is 0.456 e. The third-order valence-corrected chi connectivity index (χ3v) is 13.8. The molecular formula is C44H31NO2Si. The molecule has 7 aromatic carbocycles. The third kappa shape index (κ3) is 3.93. The second-order valence-electron chi connectivity index (χ2n) is 13.3. The average Bonchev–Trinajstić information content (AvgIpc) is 3.76. The Labute approximate surface area is 279 Å². The minimum Gasteiger partial charge on any atom is -0.456 e. The summed E-state index contributed by atoms with van der Waals surface area (Å²) in [5.74, 6) is 0. The number of hydrogen-bond donors (Lipinski definition) is 0. The van der Waals surface area contributed by atoms with Gasteiger partial charge in [-0.1, -0.05) is 110 Å². The second kappa shape index (κ2) is 10.1. The SMILES string of the molecule is C[Si]1(C)c2cc(N(c3ccc(-c4ccccc4)cc3)c3ccc4c(c3)oc3ccccc34)ccc2-c2c1ccc1c2oc2ccccc21. The van der Waals surface area contributed by atoms with Gasteiger partial charge in [-0.05, 0) is 75.6 Å². The lowest BCUT2D eigenvalue weighted by atomic mass is 10.0. The van der Waals surface area contributed by atoms with Gasteiger partial charge in [-0.2, -0.15) is 0 Å². The van der Waals surface area contributed by atoms with Crippen LogP contribution in [-0.4, -0.2) is 8.07 Å². The maximum atomic E-state index is 6.58. The Hall–Kier alpha value is -5.84. The van der Waals surface area contributed by atoms with E-state index in [1.807, 2.05) is 18.2 Å². The van der Waals surface area contributed by atoms with Crippen LogP contribution in [0.3, 0.4) is 0 Å². The summed E-state index contributed by atoms with van der Waals surface area (Å²) in [5, 5.41) is 7.48. The van der Waals surface area contributed by atoms with Crippen LogP contribution in [0.2, 0.25) is 13.1 Å². The van der Waals surface area contributed by atoms with Crippen LogP contribution >= 0.6 is 0 Å². The molecule has 0 saturated heterocycles. The molecule has 228 valence electrons. The molecule has 10 rings (SSSR count). The van der Waals surface area contributed by atoms with Crippen LogP contribution in [0.25, 0.3) is 66.1 Å². The molecule has 0 radical (unpaired) electrons. The molecule has 0 unspecified atom stereocenters. The molecular weight excluding hydrogens is 603 g/mol. The van der Waals surface area contributed by atoms with Crippen molar-refractivity contribution in [1.29, 1.82) is 0 Å². The van der Waals surface area contributed by atoms with Crippen molar-refractivity contribution < 1.29 is 8.83 Å². The van der Waals surface area contributed by atoms with E-state index in [-0.39, 0.29) is 0 Å². The van der Waals surface area contributed by atoms with E-state index in [4.69, 9.17) is 8.83 Å². The predicted octanol–water partition coefficient (Wildman–Crippen LogP) is 11.4. The lowest BCUT2D eigenvalue weighted by molar-refractivity contribution is 0.669. The molecule has 0 spiro atoms. The van der Waals surface area contributed by atoms with E-state index in [0.29, 0.717) is 0 Å². The molecule has 0 amide bonds. The summed E-state index contributed by atoms with van der Waals surface area (Å²) in [6.45, 7) is 4.94. The Balaban J connectivity index is 1.16. The maximum Gasteiger partial charge on any atom is 0.143 e. The number of rotatable bonds is 4. The summed E-state index contributed by atoms with van der Waals surface area (Å²) in [5.41, 5.74) is 12.0. The fourth-order valence-corrected chi connectivity index (χ4v) is 10.9. The van der Waals surface area contributed by atoms with E-state index in [0.717, 1.165) is 50.2 Å². The van der Waals surface area contributed by atoms with Crippen LogP contribution in [0.1, 0.15) is 0 Å². The predicted molar refractivity (Wildman–Crippen MR) is 203 cm³/mol. The van der Waals surface area contributed by atoms with Crippen molar-refractivity contribution in [2.45, 2.75) is 13.1 Å². The number of fused-ring (bicyclic) bond motifs is 10. The van der Waals surface area contributed by atoms with Gasteiger partial charge >= 0.3 is 0 Å². The van der Waals surface area contributed by atoms with Crippen LogP contribution in [0, 0.1) is 0 Å². The smallest absolute Gasteiger partial charge is 0.143 e. The first kappa shape index (κ1) is 27.3. The molecule has 0 atom stereocenters. The fraction of sp³-hybridized carbons (Fsp3) is 0.0455. The Morgan fingerprint density at radius 1 is 0.438 bits per heavy atom. The van der Waals surface area contributed by atoms with E-state index in [1.54, 1.807) is 0 Å². The van der Waals surface area contributed by atoms with Crippen molar-refractivity contribution in [3.8, 4) is 22.3 Å². The van der Waals surface area contributed by atoms with Gasteiger partial charge in [0, 0.05) is 50.2 Å². The molecule has 3 heterocycles. The molecule has 4 heteroatoms. The fourth-order valence-electron chi connectivity index (χ4n) is 7.86. The summed E-state index contributed by atoms with van der Waals surface area (Å²) >= 11 is 0. The van der Waals surface area contributed by atoms with Crippen molar-refractivity contribution in [2.75, 3.05) is 4.90 Å². The van der Waals surface area contributed by atoms with Crippen LogP contribution < -0.4 is 15.3 Å². The first-order valence-corrected chi connectivity index (χ1v) is 19.5. The standard InChI is InChI=1S/C44H31NO2Si/c1-48(2)41-25-24-36-34-13-7-9-15-39(34)47-44(36)43(41)37-23-21-32(27-42(37)48)45(30-18-16-29(17-19-30)28-10-4-3-5-11-28)31-20-22-35-33-12-6-8-14-38(33)46-40(35)26-31/h3-27H,1-2H3. The topological polar surface area (TPSA) is 29.5 Å². The van der Waals surface area contributed by atoms with E-state index >= 15 is 0 Å². The van der Waals surface area contributed by atoms with Gasteiger partial charge in [-0.15, -0.1) is 0 Å². The molecule has 1 aliphatic heterocycles.